The van der Waals surface area contributed by atoms with Crippen molar-refractivity contribution < 1.29 is 37.7 Å². The normalized spacial score (nSPS) is 10.0. The van der Waals surface area contributed by atoms with Gasteiger partial charge in [-0.25, -0.2) is 13.2 Å². The van der Waals surface area contributed by atoms with Crippen molar-refractivity contribution in [1.29, 1.82) is 0 Å². The average molecular weight is 598 g/mol. The summed E-state index contributed by atoms with van der Waals surface area (Å²) in [4.78, 5) is 0. The summed E-state index contributed by atoms with van der Waals surface area (Å²) in [6.45, 7) is 1.14. The van der Waals surface area contributed by atoms with Gasteiger partial charge < -0.3 is 27.0 Å². The number of nitrogens with zero attached hydrogens (tertiary/aromatic N) is 2. The Morgan fingerprint density at radius 1 is 1.16 bits per heavy atom. The van der Waals surface area contributed by atoms with Gasteiger partial charge in [-0.1, -0.05) is 12.1 Å². The number of halogens is 4. The summed E-state index contributed by atoms with van der Waals surface area (Å²) >= 11 is 3.31. The first-order chi connectivity index (χ1) is 9.84. The molecular formula is C17H22BrF3N2OOs. The quantitative estimate of drug-likeness (QED) is 0.422. The summed E-state index contributed by atoms with van der Waals surface area (Å²) in [5, 5.41) is 4.13. The summed E-state index contributed by atoms with van der Waals surface area (Å²) in [5.74, 6) is -0.253. The van der Waals surface area contributed by atoms with Crippen LogP contribution in [0.2, 0.25) is 0 Å². The molecule has 0 spiro atoms. The maximum atomic E-state index is 12.3. The number of hydrogen-bond acceptors (Lipinski definition) is 2. The first kappa shape index (κ1) is 28.9. The van der Waals surface area contributed by atoms with Crippen LogP contribution in [0, 0.1) is 28.2 Å². The molecule has 0 saturated carbocycles. The number of hydrogen-bond donors (Lipinski definition) is 0. The van der Waals surface area contributed by atoms with E-state index in [4.69, 9.17) is 4.74 Å². The molecular weight excluding hydrogens is 575 g/mol. The van der Waals surface area contributed by atoms with Crippen LogP contribution in [0.25, 0.3) is 0 Å². The first-order valence-electron chi connectivity index (χ1n) is 6.14. The zero-order valence-electron chi connectivity index (χ0n) is 14.5. The molecule has 0 atom stereocenters. The fourth-order valence-electron chi connectivity index (χ4n) is 1.58. The summed E-state index contributed by atoms with van der Waals surface area (Å²) in [5.41, 5.74) is 0.981. The van der Waals surface area contributed by atoms with E-state index in [1.54, 1.807) is 35.1 Å². The Hall–Kier alpha value is -0.864. The molecule has 0 amide bonds. The van der Waals surface area contributed by atoms with Crippen LogP contribution in [0.3, 0.4) is 0 Å². The number of alkyl halides is 3. The predicted octanol–water partition coefficient (Wildman–Crippen LogP) is 5.58. The molecule has 2 rings (SSSR count). The van der Waals surface area contributed by atoms with E-state index in [0.29, 0.717) is 12.3 Å². The van der Waals surface area contributed by atoms with E-state index in [9.17, 15) is 13.2 Å². The number of rotatable bonds is 5. The van der Waals surface area contributed by atoms with Crippen molar-refractivity contribution in [3.05, 3.63) is 74.9 Å². The van der Waals surface area contributed by atoms with Crippen molar-refractivity contribution in [3.63, 3.8) is 0 Å². The standard InChI is InChI=1S/C14H13BrF3N2O.3CH3.Os/c1-10(14(16,17)18)9-21-13-4-2-11(3-5-13)7-20-8-12(15)6-19-20;;;;/h2-6,8H,7,9H2,1H3;3*1H3;/q4*-1;+4. The van der Waals surface area contributed by atoms with E-state index in [0.717, 1.165) is 17.0 Å². The van der Waals surface area contributed by atoms with E-state index in [-0.39, 0.29) is 42.1 Å². The number of ether oxygens (including phenoxy) is 1. The molecule has 0 bridgehead atoms. The van der Waals surface area contributed by atoms with Crippen molar-refractivity contribution in [2.24, 2.45) is 0 Å². The van der Waals surface area contributed by atoms with Gasteiger partial charge in [-0.05, 0) is 40.2 Å². The zero-order chi connectivity index (χ0) is 15.5. The monoisotopic (exact) mass is 598 g/mol. The SMILES string of the molecule is C[C-](COc1ccc(Cn2cc(Br)cn2)cc1)C(F)(F)F.[CH3-].[CH3-].[CH3-].[Os+4]. The van der Waals surface area contributed by atoms with E-state index < -0.39 is 18.7 Å². The molecule has 142 valence electrons. The Labute approximate surface area is 170 Å². The van der Waals surface area contributed by atoms with E-state index in [1.807, 2.05) is 6.20 Å². The van der Waals surface area contributed by atoms with Crippen molar-refractivity contribution in [1.82, 2.24) is 9.78 Å². The second-order valence-electron chi connectivity index (χ2n) is 4.57. The molecule has 0 N–H and O–H groups in total. The van der Waals surface area contributed by atoms with Gasteiger partial charge >= 0.3 is 19.8 Å². The molecule has 1 aromatic heterocycles. The maximum Gasteiger partial charge on any atom is 4.00 e. The van der Waals surface area contributed by atoms with Gasteiger partial charge in [0.2, 0.25) is 0 Å². The van der Waals surface area contributed by atoms with Crippen LogP contribution < -0.4 is 4.74 Å². The third kappa shape index (κ3) is 9.41. The van der Waals surface area contributed by atoms with E-state index >= 15 is 0 Å². The molecule has 25 heavy (non-hydrogen) atoms. The van der Waals surface area contributed by atoms with Gasteiger partial charge in [0, 0.05) is 6.20 Å². The van der Waals surface area contributed by atoms with Gasteiger partial charge in [0.15, 0.2) is 0 Å². The molecule has 0 fully saturated rings. The summed E-state index contributed by atoms with van der Waals surface area (Å²) in [6.07, 6.45) is -0.785. The third-order valence-corrected chi connectivity index (χ3v) is 3.22. The van der Waals surface area contributed by atoms with Crippen molar-refractivity contribution in [3.8, 4) is 5.75 Å². The van der Waals surface area contributed by atoms with Gasteiger partial charge in [-0.15, -0.1) is 0 Å². The van der Waals surface area contributed by atoms with Crippen LogP contribution in [0.4, 0.5) is 13.2 Å². The molecule has 0 aliphatic carbocycles. The van der Waals surface area contributed by atoms with Crippen molar-refractivity contribution in [2.45, 2.75) is 19.6 Å². The molecule has 3 nitrogen and oxygen atoms in total. The summed E-state index contributed by atoms with van der Waals surface area (Å²) in [6, 6.07) is 6.90. The maximum absolute atomic E-state index is 12.3. The Morgan fingerprint density at radius 2 is 1.72 bits per heavy atom. The molecule has 1 heterocycles. The Kier molecular flexibility index (Phi) is 14.4. The zero-order valence-corrected chi connectivity index (χ0v) is 18.7. The Bertz CT molecular complexity index is 588. The predicted molar refractivity (Wildman–Crippen MR) is 95.2 cm³/mol. The summed E-state index contributed by atoms with van der Waals surface area (Å²) in [7, 11) is 0. The Balaban J connectivity index is -0.00000121. The smallest absolute Gasteiger partial charge is 0.525 e. The second kappa shape index (κ2) is 12.5. The van der Waals surface area contributed by atoms with Crippen LogP contribution in [-0.2, 0) is 26.3 Å². The molecule has 0 unspecified atom stereocenters. The molecule has 8 heteroatoms. The van der Waals surface area contributed by atoms with Crippen LogP contribution >= 0.6 is 15.9 Å². The van der Waals surface area contributed by atoms with Crippen LogP contribution in [-0.4, -0.2) is 22.6 Å². The molecule has 0 aliphatic heterocycles. The largest absolute Gasteiger partial charge is 4.00 e. The van der Waals surface area contributed by atoms with Crippen LogP contribution in [0.5, 0.6) is 5.75 Å². The molecule has 0 radical (unpaired) electrons. The van der Waals surface area contributed by atoms with E-state index in [2.05, 4.69) is 21.0 Å². The van der Waals surface area contributed by atoms with Crippen LogP contribution in [0.15, 0.2) is 41.1 Å². The van der Waals surface area contributed by atoms with Gasteiger partial charge in [0.1, 0.15) is 5.75 Å². The minimum absolute atomic E-state index is 0. The number of benzene rings is 1. The van der Waals surface area contributed by atoms with Crippen molar-refractivity contribution >= 4 is 15.9 Å². The minimum Gasteiger partial charge on any atom is -0.525 e. The molecule has 0 saturated heterocycles. The van der Waals surface area contributed by atoms with Gasteiger partial charge in [-0.2, -0.15) is 17.9 Å². The van der Waals surface area contributed by atoms with Gasteiger partial charge in [0.05, 0.1) is 17.2 Å². The third-order valence-electron chi connectivity index (χ3n) is 2.81. The fraction of sp³-hybridized carbons (Fsp3) is 0.235. The van der Waals surface area contributed by atoms with Crippen molar-refractivity contribution in [2.75, 3.05) is 6.61 Å². The average Bonchev–Trinajstić information content (AvgIpc) is 2.82. The van der Waals surface area contributed by atoms with Gasteiger partial charge in [-0.3, -0.25) is 4.68 Å². The fourth-order valence-corrected chi connectivity index (χ4v) is 1.90. The topological polar surface area (TPSA) is 27.1 Å². The molecule has 0 aliphatic rings. The summed E-state index contributed by atoms with van der Waals surface area (Å²) < 4.78 is 44.7. The second-order valence-corrected chi connectivity index (χ2v) is 5.48. The first-order valence-corrected chi connectivity index (χ1v) is 6.93. The van der Waals surface area contributed by atoms with Gasteiger partial charge in [0.25, 0.3) is 6.18 Å². The van der Waals surface area contributed by atoms with Crippen LogP contribution in [0.1, 0.15) is 12.5 Å². The molecule has 2 aromatic rings. The van der Waals surface area contributed by atoms with E-state index in [1.165, 1.54) is 0 Å². The minimum atomic E-state index is -4.31. The molecule has 1 aromatic carbocycles. The number of aromatic nitrogens is 2. The Morgan fingerprint density at radius 3 is 2.16 bits per heavy atom.